The fourth-order valence-corrected chi connectivity index (χ4v) is 4.53. The summed E-state index contributed by atoms with van der Waals surface area (Å²) in [5.74, 6) is 0.398. The number of carbonyl (C=O) groups excluding carboxylic acids is 2. The molecule has 1 N–H and O–H groups in total. The molecule has 0 aliphatic carbocycles. The third-order valence-corrected chi connectivity index (χ3v) is 5.79. The number of likely N-dealkylation sites (tertiary alicyclic amines) is 1. The average Bonchev–Trinajstić information content (AvgIpc) is 3.17. The first-order chi connectivity index (χ1) is 11.5. The Morgan fingerprint density at radius 2 is 2.08 bits per heavy atom. The van der Waals surface area contributed by atoms with Crippen LogP contribution in [0.5, 0.6) is 0 Å². The first-order valence-electron chi connectivity index (χ1n) is 8.17. The molecule has 1 saturated heterocycles. The highest BCUT2D eigenvalue weighted by atomic mass is 32.1. The highest BCUT2D eigenvalue weighted by molar-refractivity contribution is 7.21. The zero-order valence-electron chi connectivity index (χ0n) is 14.3. The Morgan fingerprint density at radius 1 is 1.33 bits per heavy atom. The standard InChI is InChI=1S/C18H23N3O2S/c1-19-18(23)17-16(13-6-4-5-7-14(13)24-17)12-8-9-21(10-12)11-15(22)20(2)3/h4-7,12H,8-11H2,1-3H3,(H,19,23)/t12-/m1/s1. The quantitative estimate of drug-likeness (QED) is 0.924. The molecule has 3 rings (SSSR count). The number of thiophene rings is 1. The van der Waals surface area contributed by atoms with E-state index in [2.05, 4.69) is 22.3 Å². The molecule has 1 aliphatic rings. The van der Waals surface area contributed by atoms with Gasteiger partial charge in [0.25, 0.3) is 5.91 Å². The van der Waals surface area contributed by atoms with Crippen LogP contribution in [0.3, 0.4) is 0 Å². The minimum atomic E-state index is -0.0194. The van der Waals surface area contributed by atoms with Gasteiger partial charge in [-0.15, -0.1) is 11.3 Å². The van der Waals surface area contributed by atoms with Gasteiger partial charge >= 0.3 is 0 Å². The van der Waals surface area contributed by atoms with E-state index in [1.807, 2.05) is 12.1 Å². The summed E-state index contributed by atoms with van der Waals surface area (Å²) in [6.07, 6.45) is 0.978. The van der Waals surface area contributed by atoms with Crippen LogP contribution in [-0.4, -0.2) is 62.4 Å². The van der Waals surface area contributed by atoms with Gasteiger partial charge in [-0.1, -0.05) is 18.2 Å². The summed E-state index contributed by atoms with van der Waals surface area (Å²) in [6.45, 7) is 2.16. The molecule has 2 aromatic rings. The van der Waals surface area contributed by atoms with Gasteiger partial charge in [-0.2, -0.15) is 0 Å². The van der Waals surface area contributed by atoms with Crippen LogP contribution in [0.25, 0.3) is 10.1 Å². The maximum Gasteiger partial charge on any atom is 0.261 e. The molecule has 1 aliphatic heterocycles. The fourth-order valence-electron chi connectivity index (χ4n) is 3.30. The van der Waals surface area contributed by atoms with Crippen molar-refractivity contribution in [3.8, 4) is 0 Å². The van der Waals surface area contributed by atoms with Gasteiger partial charge in [0.05, 0.1) is 11.4 Å². The summed E-state index contributed by atoms with van der Waals surface area (Å²) in [5, 5.41) is 3.93. The summed E-state index contributed by atoms with van der Waals surface area (Å²) < 4.78 is 1.15. The molecule has 2 amide bonds. The van der Waals surface area contributed by atoms with Gasteiger partial charge in [-0.3, -0.25) is 14.5 Å². The third kappa shape index (κ3) is 3.16. The van der Waals surface area contributed by atoms with Gasteiger partial charge in [0, 0.05) is 38.3 Å². The normalized spacial score (nSPS) is 18.0. The summed E-state index contributed by atoms with van der Waals surface area (Å²) in [6, 6.07) is 8.20. The van der Waals surface area contributed by atoms with Crippen molar-refractivity contribution >= 4 is 33.2 Å². The summed E-state index contributed by atoms with van der Waals surface area (Å²) in [4.78, 5) is 28.9. The smallest absolute Gasteiger partial charge is 0.261 e. The summed E-state index contributed by atoms with van der Waals surface area (Å²) >= 11 is 1.56. The van der Waals surface area contributed by atoms with Crippen molar-refractivity contribution in [2.45, 2.75) is 12.3 Å². The predicted octanol–water partition coefficient (Wildman–Crippen LogP) is 2.14. The van der Waals surface area contributed by atoms with Gasteiger partial charge in [-0.05, 0) is 30.0 Å². The Kier molecular flexibility index (Phi) is 4.87. The lowest BCUT2D eigenvalue weighted by atomic mass is 9.95. The number of likely N-dealkylation sites (N-methyl/N-ethyl adjacent to an activating group) is 1. The van der Waals surface area contributed by atoms with E-state index in [4.69, 9.17) is 0 Å². The van der Waals surface area contributed by atoms with Crippen LogP contribution in [-0.2, 0) is 4.79 Å². The van der Waals surface area contributed by atoms with Gasteiger partial charge in [-0.25, -0.2) is 0 Å². The van der Waals surface area contributed by atoms with Crippen LogP contribution in [0, 0.1) is 0 Å². The minimum Gasteiger partial charge on any atom is -0.354 e. The summed E-state index contributed by atoms with van der Waals surface area (Å²) in [5.41, 5.74) is 1.15. The lowest BCUT2D eigenvalue weighted by molar-refractivity contribution is -0.129. The minimum absolute atomic E-state index is 0.0194. The number of nitrogens with one attached hydrogen (secondary N) is 1. The van der Waals surface area contributed by atoms with Gasteiger partial charge in [0.2, 0.25) is 5.91 Å². The van der Waals surface area contributed by atoms with Crippen LogP contribution in [0.4, 0.5) is 0 Å². The van der Waals surface area contributed by atoms with Crippen LogP contribution in [0.2, 0.25) is 0 Å². The first kappa shape index (κ1) is 16.9. The number of amides is 2. The fraction of sp³-hybridized carbons (Fsp3) is 0.444. The highest BCUT2D eigenvalue weighted by Gasteiger charge is 2.31. The Morgan fingerprint density at radius 3 is 2.79 bits per heavy atom. The van der Waals surface area contributed by atoms with Crippen LogP contribution in [0.15, 0.2) is 24.3 Å². The maximum absolute atomic E-state index is 12.3. The molecule has 2 heterocycles. The van der Waals surface area contributed by atoms with E-state index in [1.54, 1.807) is 37.4 Å². The molecule has 24 heavy (non-hydrogen) atoms. The van der Waals surface area contributed by atoms with Crippen molar-refractivity contribution in [3.63, 3.8) is 0 Å². The van der Waals surface area contributed by atoms with E-state index in [1.165, 1.54) is 5.39 Å². The summed E-state index contributed by atoms with van der Waals surface area (Å²) in [7, 11) is 5.24. The maximum atomic E-state index is 12.3. The number of carbonyl (C=O) groups is 2. The second-order valence-electron chi connectivity index (χ2n) is 6.43. The molecule has 5 nitrogen and oxygen atoms in total. The van der Waals surface area contributed by atoms with E-state index in [-0.39, 0.29) is 11.8 Å². The number of benzene rings is 1. The van der Waals surface area contributed by atoms with E-state index in [9.17, 15) is 9.59 Å². The van der Waals surface area contributed by atoms with Crippen molar-refractivity contribution in [2.75, 3.05) is 40.8 Å². The van der Waals surface area contributed by atoms with Gasteiger partial charge < -0.3 is 10.2 Å². The molecule has 0 spiro atoms. The zero-order chi connectivity index (χ0) is 17.3. The second kappa shape index (κ2) is 6.91. The highest BCUT2D eigenvalue weighted by Crippen LogP contribution is 2.40. The molecule has 0 unspecified atom stereocenters. The van der Waals surface area contributed by atoms with Crippen molar-refractivity contribution in [2.24, 2.45) is 0 Å². The molecule has 1 aromatic heterocycles. The zero-order valence-corrected chi connectivity index (χ0v) is 15.2. The molecule has 0 saturated carbocycles. The number of nitrogens with zero attached hydrogens (tertiary/aromatic N) is 2. The molecule has 0 bridgehead atoms. The molecule has 0 radical (unpaired) electrons. The monoisotopic (exact) mass is 345 g/mol. The van der Waals surface area contributed by atoms with Gasteiger partial charge in [0.1, 0.15) is 0 Å². The molecule has 128 valence electrons. The molecule has 1 atom stereocenters. The number of hydrogen-bond acceptors (Lipinski definition) is 4. The van der Waals surface area contributed by atoms with Crippen molar-refractivity contribution in [1.29, 1.82) is 0 Å². The average molecular weight is 345 g/mol. The lowest BCUT2D eigenvalue weighted by Gasteiger charge is -2.18. The molecular formula is C18H23N3O2S. The first-order valence-corrected chi connectivity index (χ1v) is 8.99. The van der Waals surface area contributed by atoms with Crippen LogP contribution >= 0.6 is 11.3 Å². The Balaban J connectivity index is 1.89. The molecular weight excluding hydrogens is 322 g/mol. The van der Waals surface area contributed by atoms with Gasteiger partial charge in [0.15, 0.2) is 0 Å². The molecule has 1 fully saturated rings. The van der Waals surface area contributed by atoms with E-state index < -0.39 is 0 Å². The van der Waals surface area contributed by atoms with E-state index in [0.29, 0.717) is 12.5 Å². The third-order valence-electron chi connectivity index (χ3n) is 4.61. The Bertz CT molecular complexity index is 769. The van der Waals surface area contributed by atoms with Crippen LogP contribution in [0.1, 0.15) is 27.6 Å². The Hall–Kier alpha value is -1.92. The number of rotatable bonds is 4. The lowest BCUT2D eigenvalue weighted by Crippen LogP contribution is -2.35. The van der Waals surface area contributed by atoms with E-state index >= 15 is 0 Å². The van der Waals surface area contributed by atoms with Crippen molar-refractivity contribution in [3.05, 3.63) is 34.7 Å². The molecule has 6 heteroatoms. The van der Waals surface area contributed by atoms with Crippen molar-refractivity contribution in [1.82, 2.24) is 15.1 Å². The predicted molar refractivity (Wildman–Crippen MR) is 97.7 cm³/mol. The van der Waals surface area contributed by atoms with E-state index in [0.717, 1.165) is 34.7 Å². The number of hydrogen-bond donors (Lipinski definition) is 1. The topological polar surface area (TPSA) is 52.7 Å². The SMILES string of the molecule is CNC(=O)c1sc2ccccc2c1[C@@H]1CCN(CC(=O)N(C)C)C1. The Labute approximate surface area is 146 Å². The largest absolute Gasteiger partial charge is 0.354 e. The molecule has 1 aromatic carbocycles. The second-order valence-corrected chi connectivity index (χ2v) is 7.48. The number of fused-ring (bicyclic) bond motifs is 1. The van der Waals surface area contributed by atoms with Crippen LogP contribution < -0.4 is 5.32 Å². The van der Waals surface area contributed by atoms with Crippen molar-refractivity contribution < 1.29 is 9.59 Å².